The van der Waals surface area contributed by atoms with Crippen LogP contribution in [0.4, 0.5) is 4.79 Å². The van der Waals surface area contributed by atoms with E-state index in [9.17, 15) is 24.3 Å². The van der Waals surface area contributed by atoms with Crippen molar-refractivity contribution in [2.24, 2.45) is 0 Å². The fourth-order valence-corrected chi connectivity index (χ4v) is 3.92. The predicted octanol–water partition coefficient (Wildman–Crippen LogP) is 2.84. The van der Waals surface area contributed by atoms with Crippen LogP contribution in [0, 0.1) is 0 Å². The Bertz CT molecular complexity index is 1150. The van der Waals surface area contributed by atoms with Crippen LogP contribution in [-0.2, 0) is 14.3 Å². The number of carbonyl (C=O) groups excluding carboxylic acids is 3. The highest BCUT2D eigenvalue weighted by Crippen LogP contribution is 2.18. The number of halogens is 1. The van der Waals surface area contributed by atoms with Gasteiger partial charge in [-0.1, -0.05) is 41.9 Å². The molecule has 2 aromatic rings. The highest BCUT2D eigenvalue weighted by Gasteiger charge is 2.31. The Labute approximate surface area is 219 Å². The van der Waals surface area contributed by atoms with E-state index in [4.69, 9.17) is 16.3 Å². The molecule has 2 N–H and O–H groups in total. The Kier molecular flexibility index (Phi) is 9.04. The SMILES string of the molecule is CC(C)(C)OC(=O)CC[C@H](NC(=O)c1cc(Cl)nc(-c2ccccc2)n1)C(=O)N1CCN(C(=O)O)CC1. The van der Waals surface area contributed by atoms with Crippen LogP contribution < -0.4 is 5.32 Å². The molecule has 3 rings (SSSR count). The van der Waals surface area contributed by atoms with Gasteiger partial charge in [0, 0.05) is 44.2 Å². The Balaban J connectivity index is 1.78. The zero-order valence-electron chi connectivity index (χ0n) is 20.9. The summed E-state index contributed by atoms with van der Waals surface area (Å²) >= 11 is 6.15. The second kappa shape index (κ2) is 12.0. The van der Waals surface area contributed by atoms with Crippen LogP contribution in [0.2, 0.25) is 5.15 Å². The van der Waals surface area contributed by atoms with E-state index in [0.717, 1.165) is 0 Å². The zero-order valence-corrected chi connectivity index (χ0v) is 21.7. The number of carboxylic acid groups (broad SMARTS) is 1. The minimum absolute atomic E-state index is 0.0109. The van der Waals surface area contributed by atoms with E-state index in [1.165, 1.54) is 15.9 Å². The third kappa shape index (κ3) is 8.14. The van der Waals surface area contributed by atoms with Gasteiger partial charge in [0.25, 0.3) is 5.91 Å². The number of aromatic nitrogens is 2. The van der Waals surface area contributed by atoms with Gasteiger partial charge in [0.1, 0.15) is 22.5 Å². The molecule has 198 valence electrons. The van der Waals surface area contributed by atoms with Crippen molar-refractivity contribution in [3.8, 4) is 11.4 Å². The number of esters is 1. The topological polar surface area (TPSA) is 142 Å². The van der Waals surface area contributed by atoms with Crippen LogP contribution >= 0.6 is 11.6 Å². The van der Waals surface area contributed by atoms with Gasteiger partial charge >= 0.3 is 12.1 Å². The highest BCUT2D eigenvalue weighted by molar-refractivity contribution is 6.29. The van der Waals surface area contributed by atoms with Crippen LogP contribution in [0.25, 0.3) is 11.4 Å². The summed E-state index contributed by atoms with van der Waals surface area (Å²) in [4.78, 5) is 61.2. The molecular weight excluding hydrogens is 502 g/mol. The zero-order chi connectivity index (χ0) is 27.2. The molecule has 12 heteroatoms. The standard InChI is InChI=1S/C25H30ClN5O6/c1-25(2,3)37-20(32)10-9-17(23(34)30-11-13-31(14-12-30)24(35)36)28-22(33)18-15-19(26)29-21(27-18)16-7-5-4-6-8-16/h4-8,15,17H,9-14H2,1-3H3,(H,28,33)(H,35,36)/t17-/m0/s1. The molecular formula is C25H30ClN5O6. The maximum absolute atomic E-state index is 13.3. The second-order valence-corrected chi connectivity index (χ2v) is 9.90. The summed E-state index contributed by atoms with van der Waals surface area (Å²) in [6, 6.07) is 9.21. The third-order valence-electron chi connectivity index (χ3n) is 5.48. The first kappa shape index (κ1) is 27.9. The molecule has 3 amide bonds. The lowest BCUT2D eigenvalue weighted by molar-refractivity contribution is -0.155. The summed E-state index contributed by atoms with van der Waals surface area (Å²) in [6.07, 6.45) is -1.18. The Morgan fingerprint density at radius 1 is 1.05 bits per heavy atom. The summed E-state index contributed by atoms with van der Waals surface area (Å²) in [5.41, 5.74) is -0.0732. The van der Waals surface area contributed by atoms with E-state index in [1.54, 1.807) is 45.0 Å². The van der Waals surface area contributed by atoms with Crippen molar-refractivity contribution in [3.63, 3.8) is 0 Å². The summed E-state index contributed by atoms with van der Waals surface area (Å²) in [7, 11) is 0. The average Bonchev–Trinajstić information content (AvgIpc) is 2.85. The quantitative estimate of drug-likeness (QED) is 0.410. The first-order valence-corrected chi connectivity index (χ1v) is 12.2. The molecule has 37 heavy (non-hydrogen) atoms. The van der Waals surface area contributed by atoms with Gasteiger partial charge < -0.3 is 25.0 Å². The van der Waals surface area contributed by atoms with E-state index < -0.39 is 35.5 Å². The summed E-state index contributed by atoms with van der Waals surface area (Å²) < 4.78 is 5.34. The molecule has 1 aromatic carbocycles. The number of amides is 3. The molecule has 1 aliphatic heterocycles. The number of hydrogen-bond donors (Lipinski definition) is 2. The Morgan fingerprint density at radius 2 is 1.68 bits per heavy atom. The van der Waals surface area contributed by atoms with Crippen molar-refractivity contribution in [1.82, 2.24) is 25.1 Å². The molecule has 1 aromatic heterocycles. The number of hydrogen-bond acceptors (Lipinski definition) is 7. The normalized spacial score (nSPS) is 14.6. The Hall–Kier alpha value is -3.73. The minimum atomic E-state index is -1.06. The van der Waals surface area contributed by atoms with Gasteiger partial charge in [-0.2, -0.15) is 0 Å². The van der Waals surface area contributed by atoms with Gasteiger partial charge in [-0.25, -0.2) is 14.8 Å². The maximum Gasteiger partial charge on any atom is 0.407 e. The van der Waals surface area contributed by atoms with E-state index >= 15 is 0 Å². The fourth-order valence-electron chi connectivity index (χ4n) is 3.73. The van der Waals surface area contributed by atoms with Crippen molar-refractivity contribution >= 4 is 35.5 Å². The highest BCUT2D eigenvalue weighted by atomic mass is 35.5. The van der Waals surface area contributed by atoms with Crippen molar-refractivity contribution in [2.75, 3.05) is 26.2 Å². The van der Waals surface area contributed by atoms with Gasteiger partial charge in [-0.05, 0) is 27.2 Å². The van der Waals surface area contributed by atoms with Crippen molar-refractivity contribution in [3.05, 3.63) is 47.2 Å². The first-order chi connectivity index (χ1) is 17.4. The first-order valence-electron chi connectivity index (χ1n) is 11.8. The summed E-state index contributed by atoms with van der Waals surface area (Å²) in [5.74, 6) is -1.34. The Morgan fingerprint density at radius 3 is 2.27 bits per heavy atom. The molecule has 11 nitrogen and oxygen atoms in total. The lowest BCUT2D eigenvalue weighted by Crippen LogP contribution is -2.55. The number of carbonyl (C=O) groups is 4. The van der Waals surface area contributed by atoms with Crippen LogP contribution in [0.15, 0.2) is 36.4 Å². The number of nitrogens with zero attached hydrogens (tertiary/aromatic N) is 4. The smallest absolute Gasteiger partial charge is 0.407 e. The number of nitrogens with one attached hydrogen (secondary N) is 1. The average molecular weight is 532 g/mol. The van der Waals surface area contributed by atoms with Crippen molar-refractivity contribution < 1.29 is 29.0 Å². The molecule has 0 radical (unpaired) electrons. The van der Waals surface area contributed by atoms with Crippen LogP contribution in [0.1, 0.15) is 44.1 Å². The third-order valence-corrected chi connectivity index (χ3v) is 5.68. The van der Waals surface area contributed by atoms with E-state index in [2.05, 4.69) is 15.3 Å². The molecule has 1 atom stereocenters. The van der Waals surface area contributed by atoms with Gasteiger partial charge in [0.2, 0.25) is 5.91 Å². The van der Waals surface area contributed by atoms with Crippen molar-refractivity contribution in [1.29, 1.82) is 0 Å². The minimum Gasteiger partial charge on any atom is -0.465 e. The fraction of sp³-hybridized carbons (Fsp3) is 0.440. The summed E-state index contributed by atoms with van der Waals surface area (Å²) in [5, 5.41) is 11.9. The molecule has 1 aliphatic rings. The molecule has 2 heterocycles. The van der Waals surface area contributed by atoms with Crippen LogP contribution in [0.5, 0.6) is 0 Å². The number of ether oxygens (including phenoxy) is 1. The monoisotopic (exact) mass is 531 g/mol. The van der Waals surface area contributed by atoms with Gasteiger partial charge in [0.05, 0.1) is 0 Å². The molecule has 0 saturated carbocycles. The number of rotatable bonds is 7. The van der Waals surface area contributed by atoms with Crippen molar-refractivity contribution in [2.45, 2.75) is 45.3 Å². The predicted molar refractivity (Wildman–Crippen MR) is 135 cm³/mol. The molecule has 1 fully saturated rings. The molecule has 0 unspecified atom stereocenters. The molecule has 0 aliphatic carbocycles. The van der Waals surface area contributed by atoms with Gasteiger partial charge in [-0.3, -0.25) is 14.4 Å². The van der Waals surface area contributed by atoms with Gasteiger partial charge in [-0.15, -0.1) is 0 Å². The van der Waals surface area contributed by atoms with E-state index in [0.29, 0.717) is 5.56 Å². The van der Waals surface area contributed by atoms with Gasteiger partial charge in [0.15, 0.2) is 5.82 Å². The largest absolute Gasteiger partial charge is 0.465 e. The number of piperazine rings is 1. The molecule has 1 saturated heterocycles. The molecule has 0 spiro atoms. The van der Waals surface area contributed by atoms with E-state index in [-0.39, 0.29) is 55.7 Å². The second-order valence-electron chi connectivity index (χ2n) is 9.51. The lowest BCUT2D eigenvalue weighted by Gasteiger charge is -2.35. The summed E-state index contributed by atoms with van der Waals surface area (Å²) in [6.45, 7) is 5.84. The van der Waals surface area contributed by atoms with E-state index in [1.807, 2.05) is 6.07 Å². The maximum atomic E-state index is 13.3. The van der Waals surface area contributed by atoms with Crippen LogP contribution in [0.3, 0.4) is 0 Å². The van der Waals surface area contributed by atoms with Crippen LogP contribution in [-0.4, -0.2) is 86.6 Å². The molecule has 0 bridgehead atoms. The number of benzene rings is 1. The lowest BCUT2D eigenvalue weighted by atomic mass is 10.1.